The van der Waals surface area contributed by atoms with Crippen LogP contribution in [0.1, 0.15) is 25.5 Å². The van der Waals surface area contributed by atoms with Crippen LogP contribution < -0.4 is 10.5 Å². The SMILES string of the molecule is COc1cncc(C(N)C2CSC(C)C(C)S2)c1. The molecule has 0 bridgehead atoms. The van der Waals surface area contributed by atoms with Gasteiger partial charge in [-0.15, -0.1) is 0 Å². The molecule has 5 heteroatoms. The molecule has 2 heterocycles. The Morgan fingerprint density at radius 2 is 2.17 bits per heavy atom. The van der Waals surface area contributed by atoms with E-state index >= 15 is 0 Å². The zero-order valence-corrected chi connectivity index (χ0v) is 12.6. The highest BCUT2D eigenvalue weighted by molar-refractivity contribution is 8.07. The highest BCUT2D eigenvalue weighted by Gasteiger charge is 2.30. The lowest BCUT2D eigenvalue weighted by Gasteiger charge is -2.34. The van der Waals surface area contributed by atoms with Crippen molar-refractivity contribution >= 4 is 23.5 Å². The van der Waals surface area contributed by atoms with E-state index in [1.807, 2.05) is 35.8 Å². The Labute approximate surface area is 117 Å². The maximum Gasteiger partial charge on any atom is 0.137 e. The van der Waals surface area contributed by atoms with E-state index in [0.717, 1.165) is 17.1 Å². The molecule has 3 nitrogen and oxygen atoms in total. The van der Waals surface area contributed by atoms with Gasteiger partial charge in [0.15, 0.2) is 0 Å². The van der Waals surface area contributed by atoms with Crippen LogP contribution in [0.3, 0.4) is 0 Å². The third kappa shape index (κ3) is 3.13. The van der Waals surface area contributed by atoms with E-state index in [9.17, 15) is 0 Å². The summed E-state index contributed by atoms with van der Waals surface area (Å²) in [6.45, 7) is 4.57. The van der Waals surface area contributed by atoms with Crippen LogP contribution in [0.4, 0.5) is 0 Å². The lowest BCUT2D eigenvalue weighted by atomic mass is 10.1. The Morgan fingerprint density at radius 1 is 1.39 bits per heavy atom. The van der Waals surface area contributed by atoms with Crippen molar-refractivity contribution in [3.05, 3.63) is 24.0 Å². The van der Waals surface area contributed by atoms with Crippen LogP contribution in [0.5, 0.6) is 5.75 Å². The van der Waals surface area contributed by atoms with Crippen molar-refractivity contribution in [3.63, 3.8) is 0 Å². The van der Waals surface area contributed by atoms with Gasteiger partial charge in [0.05, 0.1) is 13.3 Å². The molecule has 0 spiro atoms. The number of hydrogen-bond acceptors (Lipinski definition) is 5. The molecule has 0 radical (unpaired) electrons. The zero-order chi connectivity index (χ0) is 13.1. The predicted octanol–water partition coefficient (Wildman–Crippen LogP) is 2.72. The Balaban J connectivity index is 2.08. The van der Waals surface area contributed by atoms with Gasteiger partial charge in [-0.05, 0) is 11.6 Å². The molecule has 1 aliphatic heterocycles. The largest absolute Gasteiger partial charge is 0.495 e. The van der Waals surface area contributed by atoms with Crippen LogP contribution in [0, 0.1) is 0 Å². The molecule has 0 amide bonds. The molecule has 1 aromatic heterocycles. The van der Waals surface area contributed by atoms with Crippen molar-refractivity contribution in [2.75, 3.05) is 12.9 Å². The average Bonchev–Trinajstić information content (AvgIpc) is 2.41. The number of aromatic nitrogens is 1. The molecule has 2 rings (SSSR count). The van der Waals surface area contributed by atoms with Crippen molar-refractivity contribution < 1.29 is 4.74 Å². The molecule has 18 heavy (non-hydrogen) atoms. The number of thioether (sulfide) groups is 2. The smallest absolute Gasteiger partial charge is 0.137 e. The first kappa shape index (κ1) is 14.0. The topological polar surface area (TPSA) is 48.1 Å². The fourth-order valence-electron chi connectivity index (χ4n) is 1.94. The summed E-state index contributed by atoms with van der Waals surface area (Å²) in [6, 6.07) is 2.02. The molecule has 2 N–H and O–H groups in total. The minimum atomic E-state index is 0.0278. The molecule has 100 valence electrons. The van der Waals surface area contributed by atoms with Crippen molar-refractivity contribution in [3.8, 4) is 5.75 Å². The molecule has 4 atom stereocenters. The van der Waals surface area contributed by atoms with E-state index in [-0.39, 0.29) is 6.04 Å². The number of methoxy groups -OCH3 is 1. The van der Waals surface area contributed by atoms with E-state index in [1.165, 1.54) is 0 Å². The van der Waals surface area contributed by atoms with Crippen LogP contribution in [-0.4, -0.2) is 33.6 Å². The lowest BCUT2D eigenvalue weighted by Crippen LogP contribution is -2.34. The molecule has 4 unspecified atom stereocenters. The van der Waals surface area contributed by atoms with Gasteiger partial charge < -0.3 is 10.5 Å². The van der Waals surface area contributed by atoms with Gasteiger partial charge in [-0.1, -0.05) is 13.8 Å². The summed E-state index contributed by atoms with van der Waals surface area (Å²) in [7, 11) is 1.65. The second-order valence-corrected chi connectivity index (χ2v) is 7.63. The maximum absolute atomic E-state index is 6.37. The van der Waals surface area contributed by atoms with Crippen molar-refractivity contribution in [2.45, 2.75) is 35.6 Å². The Morgan fingerprint density at radius 3 is 2.83 bits per heavy atom. The first-order valence-electron chi connectivity index (χ1n) is 6.13. The van der Waals surface area contributed by atoms with Crippen LogP contribution in [0.2, 0.25) is 0 Å². The second kappa shape index (κ2) is 6.17. The summed E-state index contributed by atoms with van der Waals surface area (Å²) in [5.41, 5.74) is 7.44. The Bertz CT molecular complexity index is 402. The normalized spacial score (nSPS) is 29.9. The fraction of sp³-hybridized carbons (Fsp3) is 0.615. The summed E-state index contributed by atoms with van der Waals surface area (Å²) in [4.78, 5) is 4.18. The number of ether oxygens (including phenoxy) is 1. The minimum Gasteiger partial charge on any atom is -0.495 e. The van der Waals surface area contributed by atoms with E-state index in [1.54, 1.807) is 13.3 Å². The zero-order valence-electron chi connectivity index (χ0n) is 11.0. The molecule has 0 aromatic carbocycles. The average molecular weight is 284 g/mol. The molecule has 1 aliphatic rings. The first-order valence-corrected chi connectivity index (χ1v) is 8.12. The van der Waals surface area contributed by atoms with Crippen LogP contribution in [0.15, 0.2) is 18.5 Å². The van der Waals surface area contributed by atoms with Gasteiger partial charge in [-0.25, -0.2) is 0 Å². The summed E-state index contributed by atoms with van der Waals surface area (Å²) < 4.78 is 5.20. The second-order valence-electron chi connectivity index (χ2n) is 4.60. The quantitative estimate of drug-likeness (QED) is 0.925. The van der Waals surface area contributed by atoms with Crippen molar-refractivity contribution in [2.24, 2.45) is 5.73 Å². The third-order valence-corrected chi connectivity index (χ3v) is 6.85. The van der Waals surface area contributed by atoms with Gasteiger partial charge >= 0.3 is 0 Å². The number of pyridine rings is 1. The maximum atomic E-state index is 6.37. The van der Waals surface area contributed by atoms with Crippen molar-refractivity contribution in [1.29, 1.82) is 0 Å². The van der Waals surface area contributed by atoms with Gasteiger partial charge in [-0.2, -0.15) is 23.5 Å². The number of rotatable bonds is 3. The molecule has 1 saturated heterocycles. The summed E-state index contributed by atoms with van der Waals surface area (Å²) in [5.74, 6) is 1.88. The summed E-state index contributed by atoms with van der Waals surface area (Å²) in [5, 5.41) is 1.82. The van der Waals surface area contributed by atoms with Gasteiger partial charge in [0.2, 0.25) is 0 Å². The predicted molar refractivity (Wildman–Crippen MR) is 80.5 cm³/mol. The highest BCUT2D eigenvalue weighted by atomic mass is 32.2. The molecule has 1 aromatic rings. The summed E-state index contributed by atoms with van der Waals surface area (Å²) >= 11 is 4.01. The Hall–Kier alpha value is -0.390. The number of nitrogens with two attached hydrogens (primary N) is 1. The first-order chi connectivity index (χ1) is 8.61. The number of nitrogens with zero attached hydrogens (tertiary/aromatic N) is 1. The van der Waals surface area contributed by atoms with Crippen LogP contribution in [-0.2, 0) is 0 Å². The molecular weight excluding hydrogens is 264 g/mol. The standard InChI is InChI=1S/C13H20N2OS2/c1-8-9(2)18-12(7-17-8)13(14)10-4-11(16-3)6-15-5-10/h4-6,8-9,12-13H,7,14H2,1-3H3. The van der Waals surface area contributed by atoms with Crippen LogP contribution in [0.25, 0.3) is 0 Å². The van der Waals surface area contributed by atoms with Gasteiger partial charge in [0, 0.05) is 33.7 Å². The summed E-state index contributed by atoms with van der Waals surface area (Å²) in [6.07, 6.45) is 3.56. The van der Waals surface area contributed by atoms with E-state index in [0.29, 0.717) is 15.7 Å². The fourth-order valence-corrected chi connectivity index (χ4v) is 4.99. The van der Waals surface area contributed by atoms with Gasteiger partial charge in [-0.3, -0.25) is 4.98 Å². The van der Waals surface area contributed by atoms with Gasteiger partial charge in [0.1, 0.15) is 5.75 Å². The van der Waals surface area contributed by atoms with Gasteiger partial charge in [0.25, 0.3) is 0 Å². The lowest BCUT2D eigenvalue weighted by molar-refractivity contribution is 0.411. The monoisotopic (exact) mass is 284 g/mol. The highest BCUT2D eigenvalue weighted by Crippen LogP contribution is 2.40. The molecule has 0 saturated carbocycles. The third-order valence-electron chi connectivity index (χ3n) is 3.33. The number of hydrogen-bond donors (Lipinski definition) is 1. The molecular formula is C13H20N2OS2. The van der Waals surface area contributed by atoms with E-state index < -0.39 is 0 Å². The van der Waals surface area contributed by atoms with Crippen LogP contribution >= 0.6 is 23.5 Å². The minimum absolute atomic E-state index is 0.0278. The molecule has 1 fully saturated rings. The van der Waals surface area contributed by atoms with E-state index in [4.69, 9.17) is 10.5 Å². The van der Waals surface area contributed by atoms with E-state index in [2.05, 4.69) is 18.8 Å². The Kier molecular flexibility index (Phi) is 4.81. The van der Waals surface area contributed by atoms with Crippen molar-refractivity contribution in [1.82, 2.24) is 4.98 Å². The molecule has 0 aliphatic carbocycles.